The van der Waals surface area contributed by atoms with Crippen LogP contribution in [0.4, 0.5) is 5.69 Å². The van der Waals surface area contributed by atoms with Crippen LogP contribution in [0, 0.1) is 11.8 Å². The van der Waals surface area contributed by atoms with Gasteiger partial charge in [-0.15, -0.1) is 11.3 Å². The number of aryl methyl sites for hydroxylation is 1. The Morgan fingerprint density at radius 2 is 1.86 bits per heavy atom. The second-order valence-corrected chi connectivity index (χ2v) is 10.3. The highest BCUT2D eigenvalue weighted by Gasteiger charge is 2.29. The van der Waals surface area contributed by atoms with E-state index in [1.807, 2.05) is 41.1 Å². The number of amides is 1. The number of carbonyl (C=O) groups is 3. The van der Waals surface area contributed by atoms with E-state index < -0.39 is 0 Å². The van der Waals surface area contributed by atoms with Gasteiger partial charge in [0.1, 0.15) is 6.54 Å². The van der Waals surface area contributed by atoms with Crippen molar-refractivity contribution in [2.45, 2.75) is 58.9 Å². The average Bonchev–Trinajstić information content (AvgIpc) is 3.47. The van der Waals surface area contributed by atoms with Crippen LogP contribution >= 0.6 is 11.3 Å². The lowest BCUT2D eigenvalue weighted by atomic mass is 9.79. The number of ether oxygens (including phenoxy) is 1. The fourth-order valence-electron chi connectivity index (χ4n) is 5.18. The fraction of sp³-hybridized carbons (Fsp3) is 0.464. The fourth-order valence-corrected chi connectivity index (χ4v) is 6.00. The molecule has 6 nitrogen and oxygen atoms in total. The number of anilines is 1. The van der Waals surface area contributed by atoms with E-state index in [1.54, 1.807) is 16.2 Å². The van der Waals surface area contributed by atoms with E-state index in [0.29, 0.717) is 18.7 Å². The first kappa shape index (κ1) is 25.2. The largest absolute Gasteiger partial charge is 0.469 e. The number of hydrogen-bond donors (Lipinski definition) is 0. The summed E-state index contributed by atoms with van der Waals surface area (Å²) < 4.78 is 7.79. The van der Waals surface area contributed by atoms with E-state index in [-0.39, 0.29) is 36.0 Å². The summed E-state index contributed by atoms with van der Waals surface area (Å²) in [6.45, 7) is 4.76. The van der Waals surface area contributed by atoms with E-state index in [4.69, 9.17) is 4.74 Å². The summed E-state index contributed by atoms with van der Waals surface area (Å²) in [7, 11) is 1.43. The first-order valence-corrected chi connectivity index (χ1v) is 13.4. The number of rotatable bonds is 9. The van der Waals surface area contributed by atoms with Gasteiger partial charge in [-0.2, -0.15) is 0 Å². The lowest BCUT2D eigenvalue weighted by Gasteiger charge is -2.26. The summed E-state index contributed by atoms with van der Waals surface area (Å²) in [6, 6.07) is 12.0. The van der Waals surface area contributed by atoms with Gasteiger partial charge in [0.05, 0.1) is 28.9 Å². The number of thiophene rings is 1. The van der Waals surface area contributed by atoms with Gasteiger partial charge in [-0.3, -0.25) is 14.4 Å². The van der Waals surface area contributed by atoms with E-state index in [1.165, 1.54) is 12.7 Å². The monoisotopic (exact) mass is 494 g/mol. The van der Waals surface area contributed by atoms with Crippen LogP contribution in [0.25, 0.3) is 10.2 Å². The van der Waals surface area contributed by atoms with Crippen molar-refractivity contribution in [1.29, 1.82) is 0 Å². The molecular weight excluding hydrogens is 460 g/mol. The van der Waals surface area contributed by atoms with Crippen molar-refractivity contribution >= 4 is 44.9 Å². The van der Waals surface area contributed by atoms with E-state index in [2.05, 4.69) is 19.1 Å². The molecule has 1 saturated carbocycles. The predicted octanol–water partition coefficient (Wildman–Crippen LogP) is 5.87. The maximum Gasteiger partial charge on any atom is 0.308 e. The number of fused-ring (bicyclic) bond motifs is 1. The number of methoxy groups -OCH3 is 1. The standard InChI is InChI=1S/C28H34N2O4S/c1-4-19-7-6-8-22(15-19)29(5-2)27(32)18-30-23-13-14-35-26(23)17-24(30)25(31)16-20-9-11-21(12-10-20)28(33)34-3/h6-8,13-15,17,20-21H,4-5,9-12,16,18H2,1-3H3. The molecule has 0 bridgehead atoms. The number of likely N-dealkylation sites (N-methyl/N-ethyl adjacent to an activating group) is 1. The van der Waals surface area contributed by atoms with Crippen molar-refractivity contribution in [2.75, 3.05) is 18.6 Å². The summed E-state index contributed by atoms with van der Waals surface area (Å²) in [5, 5.41) is 2.00. The Kier molecular flexibility index (Phi) is 8.06. The Labute approximate surface area is 210 Å². The molecule has 1 aromatic carbocycles. The molecule has 0 radical (unpaired) electrons. The highest BCUT2D eigenvalue weighted by molar-refractivity contribution is 7.17. The first-order valence-electron chi connectivity index (χ1n) is 12.5. The van der Waals surface area contributed by atoms with Crippen LogP contribution in [0.15, 0.2) is 41.8 Å². The molecule has 1 aliphatic carbocycles. The first-order chi connectivity index (χ1) is 16.9. The molecule has 2 aromatic heterocycles. The molecule has 0 unspecified atom stereocenters. The van der Waals surface area contributed by atoms with Crippen LogP contribution in [0.1, 0.15) is 62.0 Å². The summed E-state index contributed by atoms with van der Waals surface area (Å²) in [5.74, 6) is 0.0945. The van der Waals surface area contributed by atoms with Gasteiger partial charge in [-0.05, 0) is 80.2 Å². The van der Waals surface area contributed by atoms with E-state index in [9.17, 15) is 14.4 Å². The van der Waals surface area contributed by atoms with Gasteiger partial charge >= 0.3 is 5.97 Å². The third kappa shape index (κ3) is 5.50. The van der Waals surface area contributed by atoms with Crippen molar-refractivity contribution in [2.24, 2.45) is 11.8 Å². The predicted molar refractivity (Wildman–Crippen MR) is 140 cm³/mol. The van der Waals surface area contributed by atoms with Crippen LogP contribution in [-0.4, -0.2) is 35.9 Å². The molecule has 4 rings (SSSR count). The topological polar surface area (TPSA) is 68.6 Å². The molecule has 0 aliphatic heterocycles. The van der Waals surface area contributed by atoms with Crippen LogP contribution in [0.5, 0.6) is 0 Å². The van der Waals surface area contributed by atoms with Gasteiger partial charge < -0.3 is 14.2 Å². The number of ketones is 1. The van der Waals surface area contributed by atoms with Crippen LogP contribution in [0.3, 0.4) is 0 Å². The maximum absolute atomic E-state index is 13.5. The molecule has 2 heterocycles. The van der Waals surface area contributed by atoms with Gasteiger partial charge in [-0.1, -0.05) is 19.1 Å². The Balaban J connectivity index is 1.51. The van der Waals surface area contributed by atoms with E-state index in [0.717, 1.165) is 48.0 Å². The van der Waals surface area contributed by atoms with Crippen LogP contribution in [0.2, 0.25) is 0 Å². The summed E-state index contributed by atoms with van der Waals surface area (Å²) >= 11 is 1.58. The minimum atomic E-state index is -0.146. The zero-order valence-electron chi connectivity index (χ0n) is 20.8. The zero-order chi connectivity index (χ0) is 24.9. The van der Waals surface area contributed by atoms with Crippen LogP contribution < -0.4 is 4.90 Å². The Hall–Kier alpha value is -2.93. The zero-order valence-corrected chi connectivity index (χ0v) is 21.6. The normalized spacial score (nSPS) is 17.9. The second-order valence-electron chi connectivity index (χ2n) is 9.32. The molecule has 7 heteroatoms. The number of esters is 1. The van der Waals surface area contributed by atoms with Gasteiger partial charge in [0.15, 0.2) is 5.78 Å². The molecular formula is C28H34N2O4S. The molecule has 1 amide bonds. The third-order valence-corrected chi connectivity index (χ3v) is 8.06. The molecule has 0 N–H and O–H groups in total. The highest BCUT2D eigenvalue weighted by Crippen LogP contribution is 2.33. The number of hydrogen-bond acceptors (Lipinski definition) is 5. The lowest BCUT2D eigenvalue weighted by molar-refractivity contribution is -0.146. The second kappa shape index (κ2) is 11.2. The third-order valence-electron chi connectivity index (χ3n) is 7.20. The van der Waals surface area contributed by atoms with Gasteiger partial charge in [-0.25, -0.2) is 0 Å². The molecule has 35 heavy (non-hydrogen) atoms. The van der Waals surface area contributed by atoms with Gasteiger partial charge in [0, 0.05) is 18.7 Å². The van der Waals surface area contributed by atoms with E-state index >= 15 is 0 Å². The number of nitrogens with zero attached hydrogens (tertiary/aromatic N) is 2. The molecule has 0 spiro atoms. The van der Waals surface area contributed by atoms with Crippen molar-refractivity contribution < 1.29 is 19.1 Å². The number of Topliss-reactive ketones (excluding diaryl/α,β-unsaturated/α-hetero) is 1. The summed E-state index contributed by atoms with van der Waals surface area (Å²) in [5.41, 5.74) is 3.61. The summed E-state index contributed by atoms with van der Waals surface area (Å²) in [4.78, 5) is 40.5. The number of benzene rings is 1. The molecule has 186 valence electrons. The molecule has 3 aromatic rings. The van der Waals surface area contributed by atoms with Crippen molar-refractivity contribution in [1.82, 2.24) is 4.57 Å². The molecule has 0 atom stereocenters. The van der Waals surface area contributed by atoms with Crippen molar-refractivity contribution in [3.8, 4) is 0 Å². The number of aromatic nitrogens is 1. The quantitative estimate of drug-likeness (QED) is 0.276. The van der Waals surface area contributed by atoms with Gasteiger partial charge in [0.25, 0.3) is 0 Å². The minimum absolute atomic E-state index is 0.0305. The van der Waals surface area contributed by atoms with Gasteiger partial charge in [0.2, 0.25) is 5.91 Å². The minimum Gasteiger partial charge on any atom is -0.469 e. The SMILES string of the molecule is CCc1cccc(N(CC)C(=O)Cn2c(C(=O)CC3CCC(C(=O)OC)CC3)cc3sccc32)c1. The summed E-state index contributed by atoms with van der Waals surface area (Å²) in [6.07, 6.45) is 4.57. The molecule has 1 fully saturated rings. The highest BCUT2D eigenvalue weighted by atomic mass is 32.1. The van der Waals surface area contributed by atoms with Crippen molar-refractivity contribution in [3.05, 3.63) is 53.0 Å². The maximum atomic E-state index is 13.5. The lowest BCUT2D eigenvalue weighted by Crippen LogP contribution is -2.34. The Morgan fingerprint density at radius 1 is 1.09 bits per heavy atom. The smallest absolute Gasteiger partial charge is 0.308 e. The Bertz CT molecular complexity index is 1200. The van der Waals surface area contributed by atoms with Crippen LogP contribution in [-0.2, 0) is 27.3 Å². The average molecular weight is 495 g/mol. The molecule has 0 saturated heterocycles. The van der Waals surface area contributed by atoms with Crippen molar-refractivity contribution in [3.63, 3.8) is 0 Å². The number of carbonyl (C=O) groups excluding carboxylic acids is 3. The Morgan fingerprint density at radius 3 is 2.54 bits per heavy atom. The molecule has 1 aliphatic rings.